The van der Waals surface area contributed by atoms with Crippen LogP contribution in [-0.4, -0.2) is 28.4 Å². The quantitative estimate of drug-likeness (QED) is 0.225. The molecule has 0 fully saturated rings. The highest BCUT2D eigenvalue weighted by Gasteiger charge is 2.17. The van der Waals surface area contributed by atoms with Crippen LogP contribution in [0.3, 0.4) is 0 Å². The van der Waals surface area contributed by atoms with Crippen LogP contribution in [0.15, 0.2) is 66.7 Å². The fourth-order valence-electron chi connectivity index (χ4n) is 4.20. The molecule has 3 rings (SSSR count). The fourth-order valence-corrected chi connectivity index (χ4v) is 4.20. The summed E-state index contributed by atoms with van der Waals surface area (Å²) in [6.45, 7) is 5.11. The summed E-state index contributed by atoms with van der Waals surface area (Å²) in [7, 11) is 0. The third kappa shape index (κ3) is 8.52. The Hall–Kier alpha value is -4.04. The highest BCUT2D eigenvalue weighted by atomic mass is 16.4. The molecular formula is C33H36NO4-. The summed E-state index contributed by atoms with van der Waals surface area (Å²) < 4.78 is 0. The van der Waals surface area contributed by atoms with E-state index in [2.05, 4.69) is 37.8 Å². The minimum atomic E-state index is -1.26. The molecule has 0 bridgehead atoms. The summed E-state index contributed by atoms with van der Waals surface area (Å²) in [5.74, 6) is 4.43. The standard InChI is InChI=1S/C33H37NO4/c1-3-5-7-8-22-34(24-28-18-21-31(35)30(23-28)33(37)38)32(36)29-19-16-27(17-20-29)15-14-26-12-10-25(11-13-26)9-6-4-2/h10-13,16-21,23,35H,3-9,22,24H2,1-2H3,(H,37,38)/p-1. The minimum Gasteiger partial charge on any atom is -0.872 e. The zero-order chi connectivity index (χ0) is 27.3. The first-order valence-electron chi connectivity index (χ1n) is 13.4. The maximum absolute atomic E-state index is 13.4. The van der Waals surface area contributed by atoms with Crippen LogP contribution >= 0.6 is 0 Å². The molecule has 0 spiro atoms. The lowest BCUT2D eigenvalue weighted by Gasteiger charge is -2.24. The second-order valence-electron chi connectivity index (χ2n) is 9.55. The highest BCUT2D eigenvalue weighted by Crippen LogP contribution is 2.19. The Bertz CT molecular complexity index is 1270. The Kier molecular flexibility index (Phi) is 11.0. The van der Waals surface area contributed by atoms with Crippen LogP contribution < -0.4 is 5.11 Å². The number of hydrogen-bond acceptors (Lipinski definition) is 3. The summed E-state index contributed by atoms with van der Waals surface area (Å²) in [6.07, 6.45) is 7.48. The molecule has 1 amide bonds. The van der Waals surface area contributed by atoms with Crippen LogP contribution in [0.2, 0.25) is 0 Å². The van der Waals surface area contributed by atoms with Gasteiger partial charge in [0.25, 0.3) is 5.91 Å². The molecule has 0 saturated heterocycles. The van der Waals surface area contributed by atoms with E-state index in [0.717, 1.165) is 43.2 Å². The molecule has 0 aliphatic carbocycles. The summed E-state index contributed by atoms with van der Waals surface area (Å²) in [5, 5.41) is 21.2. The van der Waals surface area contributed by atoms with Crippen molar-refractivity contribution in [3.8, 4) is 17.6 Å². The molecule has 1 N–H and O–H groups in total. The van der Waals surface area contributed by atoms with Gasteiger partial charge in [0.1, 0.15) is 0 Å². The lowest BCUT2D eigenvalue weighted by atomic mass is 10.1. The molecule has 5 nitrogen and oxygen atoms in total. The molecule has 0 radical (unpaired) electrons. The third-order valence-electron chi connectivity index (χ3n) is 6.47. The van der Waals surface area contributed by atoms with E-state index in [0.29, 0.717) is 17.7 Å². The number of benzene rings is 3. The van der Waals surface area contributed by atoms with Crippen molar-refractivity contribution >= 4 is 11.9 Å². The SMILES string of the molecule is CCCCCCN(Cc1ccc([O-])c(C(=O)O)c1)C(=O)c1ccc(C#Cc2ccc(CCCC)cc2)cc1. The number of unbranched alkanes of at least 4 members (excludes halogenated alkanes) is 4. The molecule has 198 valence electrons. The molecule has 0 heterocycles. The fraction of sp³-hybridized carbons (Fsp3) is 0.333. The van der Waals surface area contributed by atoms with Crippen molar-refractivity contribution in [2.45, 2.75) is 65.3 Å². The van der Waals surface area contributed by atoms with Gasteiger partial charge in [0.15, 0.2) is 0 Å². The van der Waals surface area contributed by atoms with Crippen molar-refractivity contribution in [1.82, 2.24) is 4.90 Å². The Labute approximate surface area is 226 Å². The number of hydrogen-bond donors (Lipinski definition) is 1. The molecular weight excluding hydrogens is 474 g/mol. The zero-order valence-corrected chi connectivity index (χ0v) is 22.3. The molecule has 3 aromatic rings. The number of carbonyl (C=O) groups excluding carboxylic acids is 1. The second kappa shape index (κ2) is 14.6. The largest absolute Gasteiger partial charge is 0.872 e. The van der Waals surface area contributed by atoms with Gasteiger partial charge in [-0.3, -0.25) is 4.79 Å². The zero-order valence-electron chi connectivity index (χ0n) is 22.3. The van der Waals surface area contributed by atoms with Crippen LogP contribution in [-0.2, 0) is 13.0 Å². The molecule has 38 heavy (non-hydrogen) atoms. The van der Waals surface area contributed by atoms with Crippen LogP contribution in [0.4, 0.5) is 0 Å². The lowest BCUT2D eigenvalue weighted by molar-refractivity contribution is -0.268. The first-order valence-corrected chi connectivity index (χ1v) is 13.4. The highest BCUT2D eigenvalue weighted by molar-refractivity contribution is 5.94. The lowest BCUT2D eigenvalue weighted by Crippen LogP contribution is -2.31. The number of rotatable bonds is 12. The van der Waals surface area contributed by atoms with Gasteiger partial charge in [-0.05, 0) is 72.9 Å². The van der Waals surface area contributed by atoms with Gasteiger partial charge >= 0.3 is 5.97 Å². The minimum absolute atomic E-state index is 0.133. The van der Waals surface area contributed by atoms with E-state index >= 15 is 0 Å². The summed E-state index contributed by atoms with van der Waals surface area (Å²) in [5.41, 5.74) is 3.98. The smallest absolute Gasteiger partial charge is 0.335 e. The average molecular weight is 511 g/mol. The molecule has 0 saturated carbocycles. The Morgan fingerprint density at radius 3 is 2.00 bits per heavy atom. The van der Waals surface area contributed by atoms with Crippen molar-refractivity contribution in [3.05, 3.63) is 100 Å². The number of amides is 1. The van der Waals surface area contributed by atoms with Crippen molar-refractivity contribution in [2.75, 3.05) is 6.54 Å². The maximum atomic E-state index is 13.4. The number of carbonyl (C=O) groups is 2. The third-order valence-corrected chi connectivity index (χ3v) is 6.47. The van der Waals surface area contributed by atoms with Crippen molar-refractivity contribution in [3.63, 3.8) is 0 Å². The van der Waals surface area contributed by atoms with Gasteiger partial charge in [-0.25, -0.2) is 4.79 Å². The number of aryl methyl sites for hydroxylation is 1. The Morgan fingerprint density at radius 2 is 1.39 bits per heavy atom. The molecule has 0 atom stereocenters. The molecule has 0 aliphatic heterocycles. The predicted octanol–water partition coefficient (Wildman–Crippen LogP) is 6.42. The summed E-state index contributed by atoms with van der Waals surface area (Å²) in [4.78, 5) is 26.5. The van der Waals surface area contributed by atoms with E-state index in [4.69, 9.17) is 0 Å². The van der Waals surface area contributed by atoms with E-state index in [9.17, 15) is 19.8 Å². The van der Waals surface area contributed by atoms with E-state index in [-0.39, 0.29) is 18.0 Å². The first-order chi connectivity index (χ1) is 18.4. The Balaban J connectivity index is 1.72. The van der Waals surface area contributed by atoms with Gasteiger partial charge < -0.3 is 15.1 Å². The molecule has 0 aromatic heterocycles. The van der Waals surface area contributed by atoms with Gasteiger partial charge in [0.05, 0.1) is 5.56 Å². The number of carboxylic acids is 1. The number of aromatic carboxylic acids is 1. The van der Waals surface area contributed by atoms with Crippen molar-refractivity contribution < 1.29 is 19.8 Å². The molecule has 5 heteroatoms. The Morgan fingerprint density at radius 1 is 0.789 bits per heavy atom. The first kappa shape index (κ1) is 28.5. The van der Waals surface area contributed by atoms with Crippen LogP contribution in [0.25, 0.3) is 0 Å². The molecule has 3 aromatic carbocycles. The second-order valence-corrected chi connectivity index (χ2v) is 9.55. The van der Waals surface area contributed by atoms with Gasteiger partial charge in [0, 0.05) is 29.8 Å². The maximum Gasteiger partial charge on any atom is 0.335 e. The van der Waals surface area contributed by atoms with Gasteiger partial charge in [-0.1, -0.05) is 81.4 Å². The van der Waals surface area contributed by atoms with E-state index in [1.54, 1.807) is 23.1 Å². The molecule has 0 unspecified atom stereocenters. The average Bonchev–Trinajstić information content (AvgIpc) is 2.93. The van der Waals surface area contributed by atoms with Gasteiger partial charge in [0.2, 0.25) is 0 Å². The van der Waals surface area contributed by atoms with Gasteiger partial charge in [-0.2, -0.15) is 0 Å². The summed E-state index contributed by atoms with van der Waals surface area (Å²) in [6, 6.07) is 19.8. The van der Waals surface area contributed by atoms with Crippen LogP contribution in [0.5, 0.6) is 5.75 Å². The predicted molar refractivity (Wildman–Crippen MR) is 149 cm³/mol. The van der Waals surface area contributed by atoms with E-state index in [1.807, 2.05) is 24.3 Å². The van der Waals surface area contributed by atoms with Crippen molar-refractivity contribution in [2.24, 2.45) is 0 Å². The topological polar surface area (TPSA) is 80.7 Å². The van der Waals surface area contributed by atoms with Crippen LogP contribution in [0.1, 0.15) is 95.3 Å². The van der Waals surface area contributed by atoms with Crippen LogP contribution in [0, 0.1) is 11.8 Å². The molecule has 0 aliphatic rings. The monoisotopic (exact) mass is 510 g/mol. The number of nitrogens with zero attached hydrogens (tertiary/aromatic N) is 1. The summed E-state index contributed by atoms with van der Waals surface area (Å²) >= 11 is 0. The van der Waals surface area contributed by atoms with Crippen molar-refractivity contribution in [1.29, 1.82) is 0 Å². The van der Waals surface area contributed by atoms with E-state index < -0.39 is 11.7 Å². The van der Waals surface area contributed by atoms with Gasteiger partial charge in [-0.15, -0.1) is 0 Å². The number of carboxylic acid groups (broad SMARTS) is 1. The normalized spacial score (nSPS) is 10.5. The van der Waals surface area contributed by atoms with E-state index in [1.165, 1.54) is 30.5 Å².